The van der Waals surface area contributed by atoms with Crippen LogP contribution in [-0.4, -0.2) is 48.2 Å². The molecule has 0 aliphatic carbocycles. The first-order valence-corrected chi connectivity index (χ1v) is 6.32. The van der Waals surface area contributed by atoms with Crippen LogP contribution in [0.2, 0.25) is 0 Å². The predicted octanol–water partition coefficient (Wildman–Crippen LogP) is 0.301. The first kappa shape index (κ1) is 12.6. The van der Waals surface area contributed by atoms with Gasteiger partial charge < -0.3 is 0 Å². The number of rotatable bonds is 3. The first-order valence-electron chi connectivity index (χ1n) is 6.32. The van der Waals surface area contributed by atoms with E-state index in [1.54, 1.807) is 0 Å². The monoisotopic (exact) mass is 245 g/mol. The summed E-state index contributed by atoms with van der Waals surface area (Å²) in [6, 6.07) is 10.4. The minimum Gasteiger partial charge on any atom is -0.293 e. The van der Waals surface area contributed by atoms with E-state index in [2.05, 4.69) is 41.3 Å². The van der Waals surface area contributed by atoms with Crippen LogP contribution < -0.4 is 11.5 Å². The maximum atomic E-state index is 5.58. The molecule has 0 radical (unpaired) electrons. The Morgan fingerprint density at radius 3 is 2.44 bits per heavy atom. The van der Waals surface area contributed by atoms with E-state index in [1.165, 1.54) is 5.56 Å². The Bertz CT molecular complexity index is 422. The number of benzene rings is 1. The summed E-state index contributed by atoms with van der Waals surface area (Å²) in [5.74, 6) is 0.439. The lowest BCUT2D eigenvalue weighted by molar-refractivity contribution is -0.541. The van der Waals surface area contributed by atoms with Crippen molar-refractivity contribution >= 4 is 12.0 Å². The quantitative estimate of drug-likeness (QED) is 0.595. The van der Waals surface area contributed by atoms with Gasteiger partial charge in [-0.15, -0.1) is 0 Å². The Labute approximate surface area is 108 Å². The number of nitrogens with two attached hydrogens (primary N) is 2. The van der Waals surface area contributed by atoms with Gasteiger partial charge in [-0.2, -0.15) is 0 Å². The van der Waals surface area contributed by atoms with Gasteiger partial charge >= 0.3 is 5.96 Å². The van der Waals surface area contributed by atoms with Gasteiger partial charge in [0.15, 0.2) is 0 Å². The van der Waals surface area contributed by atoms with Crippen molar-refractivity contribution in [3.8, 4) is 0 Å². The molecule has 4 nitrogen and oxygen atoms in total. The lowest BCUT2D eigenvalue weighted by atomic mass is 10.2. The summed E-state index contributed by atoms with van der Waals surface area (Å²) in [5.41, 5.74) is 12.4. The van der Waals surface area contributed by atoms with Crippen LogP contribution in [0.1, 0.15) is 5.56 Å². The lowest BCUT2D eigenvalue weighted by Gasteiger charge is -2.26. The van der Waals surface area contributed by atoms with Crippen LogP contribution in [0.4, 0.5) is 0 Å². The second-order valence-electron chi connectivity index (χ2n) is 4.53. The van der Waals surface area contributed by atoms with Crippen molar-refractivity contribution in [2.24, 2.45) is 11.5 Å². The Hall–Kier alpha value is -1.81. The highest BCUT2D eigenvalue weighted by Crippen LogP contribution is 2.02. The number of hydrogen-bond donors (Lipinski definition) is 2. The molecular weight excluding hydrogens is 224 g/mol. The molecule has 0 atom stereocenters. The second kappa shape index (κ2) is 6.21. The first-order chi connectivity index (χ1) is 8.75. The summed E-state index contributed by atoms with van der Waals surface area (Å²) in [7, 11) is 0. The van der Waals surface area contributed by atoms with Gasteiger partial charge in [0, 0.05) is 19.6 Å². The van der Waals surface area contributed by atoms with E-state index in [1.807, 2.05) is 10.6 Å². The molecule has 4 N–H and O–H groups in total. The smallest absolute Gasteiger partial charge is 0.293 e. The van der Waals surface area contributed by atoms with Gasteiger partial charge in [-0.1, -0.05) is 42.5 Å². The molecular formula is C14H21N4+. The van der Waals surface area contributed by atoms with Gasteiger partial charge in [0.2, 0.25) is 0 Å². The van der Waals surface area contributed by atoms with Gasteiger partial charge in [0.05, 0.1) is 13.1 Å². The summed E-state index contributed by atoms with van der Waals surface area (Å²) in [4.78, 5) is 2.40. The molecule has 18 heavy (non-hydrogen) atoms. The molecule has 0 amide bonds. The summed E-state index contributed by atoms with van der Waals surface area (Å²) in [6.07, 6.45) is 4.37. The van der Waals surface area contributed by atoms with E-state index in [9.17, 15) is 0 Å². The Morgan fingerprint density at radius 1 is 1.17 bits per heavy atom. The predicted molar refractivity (Wildman–Crippen MR) is 75.3 cm³/mol. The molecule has 0 aromatic heterocycles. The van der Waals surface area contributed by atoms with Crippen LogP contribution in [0.15, 0.2) is 36.4 Å². The largest absolute Gasteiger partial charge is 0.341 e. The average molecular weight is 245 g/mol. The third-order valence-electron chi connectivity index (χ3n) is 3.21. The van der Waals surface area contributed by atoms with Gasteiger partial charge in [-0.05, 0) is 5.56 Å². The standard InChI is InChI=1S/C14H20N4/c15-14(16)18-11-9-17(10-12-18)8-4-7-13-5-2-1-3-6-13/h1-7H,8-12H2,(H3,15,16)/p+1/b7-4+. The van der Waals surface area contributed by atoms with Crippen molar-refractivity contribution in [2.75, 3.05) is 32.7 Å². The Morgan fingerprint density at radius 2 is 1.83 bits per heavy atom. The maximum absolute atomic E-state index is 5.58. The molecule has 1 aliphatic heterocycles. The lowest BCUT2D eigenvalue weighted by Crippen LogP contribution is -2.47. The Balaban J connectivity index is 1.79. The highest BCUT2D eigenvalue weighted by atomic mass is 15.2. The number of hydrogen-bond acceptors (Lipinski definition) is 1. The van der Waals surface area contributed by atoms with Crippen molar-refractivity contribution < 1.29 is 4.58 Å². The molecule has 0 unspecified atom stereocenters. The van der Waals surface area contributed by atoms with Gasteiger partial charge in [0.25, 0.3) is 0 Å². The number of nitrogens with zero attached hydrogens (tertiary/aromatic N) is 2. The van der Waals surface area contributed by atoms with E-state index in [-0.39, 0.29) is 0 Å². The van der Waals surface area contributed by atoms with Crippen LogP contribution >= 0.6 is 0 Å². The topological polar surface area (TPSA) is 58.3 Å². The molecule has 1 aromatic carbocycles. The van der Waals surface area contributed by atoms with E-state index in [0.29, 0.717) is 5.96 Å². The molecule has 1 heterocycles. The van der Waals surface area contributed by atoms with Crippen LogP contribution in [0.25, 0.3) is 6.08 Å². The van der Waals surface area contributed by atoms with Crippen molar-refractivity contribution in [3.63, 3.8) is 0 Å². The molecule has 0 spiro atoms. The Kier molecular flexibility index (Phi) is 4.36. The van der Waals surface area contributed by atoms with Gasteiger partial charge in [-0.3, -0.25) is 20.9 Å². The van der Waals surface area contributed by atoms with Crippen molar-refractivity contribution in [2.45, 2.75) is 0 Å². The molecule has 2 rings (SSSR count). The summed E-state index contributed by atoms with van der Waals surface area (Å²) >= 11 is 0. The van der Waals surface area contributed by atoms with Crippen molar-refractivity contribution in [3.05, 3.63) is 42.0 Å². The zero-order chi connectivity index (χ0) is 12.8. The molecule has 1 saturated heterocycles. The summed E-state index contributed by atoms with van der Waals surface area (Å²) in [6.45, 7) is 4.84. The van der Waals surface area contributed by atoms with Crippen LogP contribution in [0.3, 0.4) is 0 Å². The minimum absolute atomic E-state index is 0.439. The number of guanidine groups is 1. The summed E-state index contributed by atoms with van der Waals surface area (Å²) < 4.78 is 2.03. The van der Waals surface area contributed by atoms with Crippen molar-refractivity contribution in [1.29, 1.82) is 0 Å². The third-order valence-corrected chi connectivity index (χ3v) is 3.21. The van der Waals surface area contributed by atoms with Crippen LogP contribution in [0.5, 0.6) is 0 Å². The molecule has 1 fully saturated rings. The summed E-state index contributed by atoms with van der Waals surface area (Å²) in [5, 5.41) is 0. The minimum atomic E-state index is 0.439. The number of piperazine rings is 1. The van der Waals surface area contributed by atoms with Crippen LogP contribution in [-0.2, 0) is 0 Å². The maximum Gasteiger partial charge on any atom is 0.341 e. The SMILES string of the molecule is NC(N)=[N+]1CCN(C/C=C/c2ccccc2)CC1. The van der Waals surface area contributed by atoms with E-state index in [0.717, 1.165) is 32.7 Å². The van der Waals surface area contributed by atoms with Crippen LogP contribution in [0, 0.1) is 0 Å². The molecule has 1 aliphatic rings. The highest BCUT2D eigenvalue weighted by molar-refractivity contribution is 5.70. The fourth-order valence-electron chi connectivity index (χ4n) is 2.09. The fourth-order valence-corrected chi connectivity index (χ4v) is 2.09. The molecule has 0 bridgehead atoms. The molecule has 1 aromatic rings. The van der Waals surface area contributed by atoms with Crippen molar-refractivity contribution in [1.82, 2.24) is 4.90 Å². The zero-order valence-electron chi connectivity index (χ0n) is 10.6. The van der Waals surface area contributed by atoms with Gasteiger partial charge in [0.1, 0.15) is 0 Å². The normalized spacial score (nSPS) is 17.2. The van der Waals surface area contributed by atoms with E-state index >= 15 is 0 Å². The van der Waals surface area contributed by atoms with E-state index < -0.39 is 0 Å². The fraction of sp³-hybridized carbons (Fsp3) is 0.357. The molecule has 4 heteroatoms. The van der Waals surface area contributed by atoms with E-state index in [4.69, 9.17) is 11.5 Å². The molecule has 0 saturated carbocycles. The highest BCUT2D eigenvalue weighted by Gasteiger charge is 2.15. The van der Waals surface area contributed by atoms with Gasteiger partial charge in [-0.25, -0.2) is 0 Å². The molecule has 96 valence electrons. The average Bonchev–Trinajstić information content (AvgIpc) is 2.40. The second-order valence-corrected chi connectivity index (χ2v) is 4.53. The third kappa shape index (κ3) is 3.60. The zero-order valence-corrected chi connectivity index (χ0v) is 10.6.